The molecule has 0 radical (unpaired) electrons. The number of carbonyl (C=O) groups is 2. The summed E-state index contributed by atoms with van der Waals surface area (Å²) in [6.07, 6.45) is 1.40. The van der Waals surface area contributed by atoms with Crippen LogP contribution in [0.5, 0.6) is 5.75 Å². The van der Waals surface area contributed by atoms with Gasteiger partial charge in [-0.25, -0.2) is 0 Å². The Morgan fingerprint density at radius 2 is 1.77 bits per heavy atom. The van der Waals surface area contributed by atoms with Gasteiger partial charge in [-0.1, -0.05) is 15.9 Å². The molecule has 8 heteroatoms. The molecule has 0 aliphatic rings. The normalized spacial score (nSPS) is 10.4. The fraction of sp³-hybridized carbons (Fsp3) is 0.111. The molecule has 2 N–H and O–H groups in total. The van der Waals surface area contributed by atoms with Gasteiger partial charge in [-0.15, -0.1) is 0 Å². The predicted molar refractivity (Wildman–Crippen MR) is 95.6 cm³/mol. The SMILES string of the molecule is Cc1occc1C(=O)NNC(=O)c1ccc(COc2ccc(Br)cc2)o1. The fourth-order valence-electron chi connectivity index (χ4n) is 2.13. The summed E-state index contributed by atoms with van der Waals surface area (Å²) in [6, 6.07) is 12.0. The van der Waals surface area contributed by atoms with E-state index in [1.807, 2.05) is 24.3 Å². The van der Waals surface area contributed by atoms with Gasteiger partial charge in [-0.2, -0.15) is 0 Å². The van der Waals surface area contributed by atoms with Crippen molar-refractivity contribution in [3.05, 3.63) is 76.0 Å². The minimum Gasteiger partial charge on any atom is -0.486 e. The number of aryl methyl sites for hydroxylation is 1. The van der Waals surface area contributed by atoms with Crippen molar-refractivity contribution in [1.82, 2.24) is 10.9 Å². The van der Waals surface area contributed by atoms with Crippen LogP contribution >= 0.6 is 15.9 Å². The van der Waals surface area contributed by atoms with Crippen molar-refractivity contribution in [3.8, 4) is 5.75 Å². The standard InChI is InChI=1S/C18H15BrN2O5/c1-11-15(8-9-24-11)17(22)20-21-18(23)16-7-6-14(26-16)10-25-13-4-2-12(19)3-5-13/h2-9H,10H2,1H3,(H,20,22)(H,21,23). The zero-order valence-corrected chi connectivity index (χ0v) is 15.3. The fourth-order valence-corrected chi connectivity index (χ4v) is 2.39. The van der Waals surface area contributed by atoms with Crippen LogP contribution in [0.25, 0.3) is 0 Å². The van der Waals surface area contributed by atoms with E-state index >= 15 is 0 Å². The molecule has 26 heavy (non-hydrogen) atoms. The highest BCUT2D eigenvalue weighted by Gasteiger charge is 2.15. The van der Waals surface area contributed by atoms with Gasteiger partial charge in [-0.05, 0) is 49.4 Å². The van der Waals surface area contributed by atoms with Gasteiger partial charge in [0.15, 0.2) is 5.76 Å². The Bertz CT molecular complexity index is 914. The molecule has 2 heterocycles. The predicted octanol–water partition coefficient (Wildman–Crippen LogP) is 3.60. The molecule has 0 saturated heterocycles. The van der Waals surface area contributed by atoms with Crippen LogP contribution in [-0.2, 0) is 6.61 Å². The first-order valence-corrected chi connectivity index (χ1v) is 8.44. The van der Waals surface area contributed by atoms with Crippen molar-refractivity contribution < 1.29 is 23.2 Å². The molecule has 134 valence electrons. The average Bonchev–Trinajstić information content (AvgIpc) is 3.28. The Morgan fingerprint density at radius 3 is 2.46 bits per heavy atom. The van der Waals surface area contributed by atoms with E-state index in [0.717, 1.165) is 4.47 Å². The molecule has 0 aliphatic heterocycles. The highest BCUT2D eigenvalue weighted by Crippen LogP contribution is 2.18. The van der Waals surface area contributed by atoms with Crippen molar-refractivity contribution in [1.29, 1.82) is 0 Å². The summed E-state index contributed by atoms with van der Waals surface area (Å²) in [5.41, 5.74) is 4.93. The summed E-state index contributed by atoms with van der Waals surface area (Å²) in [5, 5.41) is 0. The van der Waals surface area contributed by atoms with Crippen molar-refractivity contribution in [2.45, 2.75) is 13.5 Å². The smallest absolute Gasteiger partial charge is 0.305 e. The zero-order valence-electron chi connectivity index (χ0n) is 13.7. The van der Waals surface area contributed by atoms with Gasteiger partial charge in [0, 0.05) is 4.47 Å². The van der Waals surface area contributed by atoms with E-state index in [-0.39, 0.29) is 12.4 Å². The van der Waals surface area contributed by atoms with Gasteiger partial charge >= 0.3 is 5.91 Å². The van der Waals surface area contributed by atoms with Crippen LogP contribution in [0.2, 0.25) is 0 Å². The number of rotatable bonds is 5. The van der Waals surface area contributed by atoms with Gasteiger partial charge in [0.2, 0.25) is 0 Å². The largest absolute Gasteiger partial charge is 0.486 e. The Hall–Kier alpha value is -3.00. The number of hydrogen-bond acceptors (Lipinski definition) is 5. The van der Waals surface area contributed by atoms with Crippen molar-refractivity contribution in [2.75, 3.05) is 0 Å². The summed E-state index contributed by atoms with van der Waals surface area (Å²) in [5.74, 6) is 0.628. The molecule has 2 aromatic heterocycles. The Kier molecular flexibility index (Phi) is 5.43. The van der Waals surface area contributed by atoms with Crippen LogP contribution in [-0.4, -0.2) is 11.8 Å². The summed E-state index contributed by atoms with van der Waals surface area (Å²) < 4.78 is 17.0. The molecule has 7 nitrogen and oxygen atoms in total. The lowest BCUT2D eigenvalue weighted by molar-refractivity contribution is 0.0827. The molecule has 0 saturated carbocycles. The molecule has 0 aliphatic carbocycles. The molecule has 1 aromatic carbocycles. The van der Waals surface area contributed by atoms with E-state index in [1.54, 1.807) is 13.0 Å². The first-order valence-electron chi connectivity index (χ1n) is 7.65. The lowest BCUT2D eigenvalue weighted by atomic mass is 10.2. The van der Waals surface area contributed by atoms with Gasteiger partial charge in [0.1, 0.15) is 23.9 Å². The highest BCUT2D eigenvalue weighted by molar-refractivity contribution is 9.10. The number of furan rings is 2. The number of amides is 2. The van der Waals surface area contributed by atoms with Crippen LogP contribution in [0, 0.1) is 6.92 Å². The Morgan fingerprint density at radius 1 is 1.04 bits per heavy atom. The topological polar surface area (TPSA) is 93.7 Å². The van der Waals surface area contributed by atoms with Crippen LogP contribution in [0.4, 0.5) is 0 Å². The van der Waals surface area contributed by atoms with Crippen molar-refractivity contribution in [3.63, 3.8) is 0 Å². The second kappa shape index (κ2) is 7.92. The molecule has 0 fully saturated rings. The van der Waals surface area contributed by atoms with Gasteiger partial charge in [-0.3, -0.25) is 20.4 Å². The minimum atomic E-state index is -0.575. The quantitative estimate of drug-likeness (QED) is 0.617. The van der Waals surface area contributed by atoms with Crippen LogP contribution in [0.3, 0.4) is 0 Å². The summed E-state index contributed by atoms with van der Waals surface area (Å²) in [6.45, 7) is 1.83. The number of benzene rings is 1. The van der Waals surface area contributed by atoms with E-state index in [0.29, 0.717) is 22.8 Å². The van der Waals surface area contributed by atoms with E-state index in [2.05, 4.69) is 26.8 Å². The second-order valence-corrected chi connectivity index (χ2v) is 6.22. The van der Waals surface area contributed by atoms with E-state index in [4.69, 9.17) is 13.6 Å². The number of carbonyl (C=O) groups excluding carboxylic acids is 2. The summed E-state index contributed by atoms with van der Waals surface area (Å²) in [4.78, 5) is 24.0. The summed E-state index contributed by atoms with van der Waals surface area (Å²) >= 11 is 3.35. The van der Waals surface area contributed by atoms with Crippen LogP contribution in [0.15, 0.2) is 62.0 Å². The van der Waals surface area contributed by atoms with Crippen LogP contribution in [0.1, 0.15) is 32.4 Å². The maximum absolute atomic E-state index is 12.0. The van der Waals surface area contributed by atoms with Crippen molar-refractivity contribution >= 4 is 27.7 Å². The lowest BCUT2D eigenvalue weighted by Gasteiger charge is -2.05. The zero-order chi connectivity index (χ0) is 18.5. The number of hydrazine groups is 1. The first kappa shape index (κ1) is 17.8. The molecule has 3 aromatic rings. The number of halogens is 1. The molecular formula is C18H15BrN2O5. The molecule has 3 rings (SSSR count). The Balaban J connectivity index is 1.52. The van der Waals surface area contributed by atoms with Crippen LogP contribution < -0.4 is 15.6 Å². The van der Waals surface area contributed by atoms with Crippen molar-refractivity contribution in [2.24, 2.45) is 0 Å². The number of nitrogens with one attached hydrogen (secondary N) is 2. The molecular weight excluding hydrogens is 404 g/mol. The third-order valence-electron chi connectivity index (χ3n) is 3.47. The van der Waals surface area contributed by atoms with E-state index in [9.17, 15) is 9.59 Å². The molecule has 0 unspecified atom stereocenters. The average molecular weight is 419 g/mol. The molecule has 0 atom stereocenters. The van der Waals surface area contributed by atoms with E-state index in [1.165, 1.54) is 18.4 Å². The summed E-state index contributed by atoms with van der Waals surface area (Å²) in [7, 11) is 0. The Labute approximate surface area is 157 Å². The maximum Gasteiger partial charge on any atom is 0.305 e. The monoisotopic (exact) mass is 418 g/mol. The van der Waals surface area contributed by atoms with Gasteiger partial charge < -0.3 is 13.6 Å². The number of ether oxygens (including phenoxy) is 1. The number of hydrogen-bond donors (Lipinski definition) is 2. The third kappa shape index (κ3) is 4.34. The molecule has 0 spiro atoms. The van der Waals surface area contributed by atoms with Gasteiger partial charge in [0.25, 0.3) is 5.91 Å². The second-order valence-electron chi connectivity index (χ2n) is 5.31. The molecule has 2 amide bonds. The first-order chi connectivity index (χ1) is 12.5. The highest BCUT2D eigenvalue weighted by atomic mass is 79.9. The third-order valence-corrected chi connectivity index (χ3v) is 4.00. The van der Waals surface area contributed by atoms with Gasteiger partial charge in [0.05, 0.1) is 11.8 Å². The van der Waals surface area contributed by atoms with E-state index < -0.39 is 11.8 Å². The minimum absolute atomic E-state index is 0.0589. The molecule has 0 bridgehead atoms. The maximum atomic E-state index is 12.0. The lowest BCUT2D eigenvalue weighted by Crippen LogP contribution is -2.41.